The molecule has 1 N–H and O–H groups in total. The summed E-state index contributed by atoms with van der Waals surface area (Å²) >= 11 is 0. The van der Waals surface area contributed by atoms with Gasteiger partial charge in [0.1, 0.15) is 11.3 Å². The minimum absolute atomic E-state index is 0.299. The highest BCUT2D eigenvalue weighted by molar-refractivity contribution is 5.81. The molecule has 1 aliphatic carbocycles. The summed E-state index contributed by atoms with van der Waals surface area (Å²) in [5.41, 5.74) is 1.51. The first kappa shape index (κ1) is 12.3. The van der Waals surface area contributed by atoms with Gasteiger partial charge in [0, 0.05) is 11.1 Å². The number of hydrogen-bond donors (Lipinski definition) is 1. The van der Waals surface area contributed by atoms with E-state index in [1.807, 2.05) is 0 Å². The van der Waals surface area contributed by atoms with Gasteiger partial charge in [-0.25, -0.2) is 9.07 Å². The topological polar surface area (TPSA) is 50.9 Å². The van der Waals surface area contributed by atoms with Gasteiger partial charge in [0.05, 0.1) is 17.7 Å². The van der Waals surface area contributed by atoms with Crippen LogP contribution in [0.25, 0.3) is 17.1 Å². The van der Waals surface area contributed by atoms with E-state index in [0.29, 0.717) is 28.7 Å². The first-order valence-electron chi connectivity index (χ1n) is 6.41. The number of aryl methyl sites for hydroxylation is 1. The van der Waals surface area contributed by atoms with Gasteiger partial charge in [-0.05, 0) is 32.3 Å². The van der Waals surface area contributed by atoms with E-state index < -0.39 is 5.60 Å². The lowest BCUT2D eigenvalue weighted by molar-refractivity contribution is -0.0492. The van der Waals surface area contributed by atoms with Crippen LogP contribution < -0.4 is 0 Å². The van der Waals surface area contributed by atoms with Crippen molar-refractivity contribution in [3.05, 3.63) is 29.6 Å². The fourth-order valence-electron chi connectivity index (χ4n) is 2.62. The van der Waals surface area contributed by atoms with Crippen molar-refractivity contribution >= 4 is 17.1 Å². The average Bonchev–Trinajstić information content (AvgIpc) is 2.74. The third-order valence-electron chi connectivity index (χ3n) is 3.94. The standard InChI is InChI=1S/C14H16FN3O/c1-3-10-7-11-13(9(2)12(10)15)18(17-16-11)8-14(19)5-4-6-14/h3,7,19H,1,4-6,8H2,2H3. The Bertz CT molecular complexity index is 658. The van der Waals surface area contributed by atoms with Gasteiger partial charge in [-0.15, -0.1) is 5.10 Å². The van der Waals surface area contributed by atoms with Gasteiger partial charge in [-0.2, -0.15) is 0 Å². The average molecular weight is 261 g/mol. The van der Waals surface area contributed by atoms with Crippen molar-refractivity contribution < 1.29 is 9.50 Å². The van der Waals surface area contributed by atoms with E-state index in [9.17, 15) is 9.50 Å². The molecule has 1 aromatic heterocycles. The Morgan fingerprint density at radius 1 is 1.58 bits per heavy atom. The Morgan fingerprint density at radius 2 is 2.32 bits per heavy atom. The highest BCUT2D eigenvalue weighted by Gasteiger charge is 2.35. The summed E-state index contributed by atoms with van der Waals surface area (Å²) in [5, 5.41) is 18.3. The van der Waals surface area contributed by atoms with Crippen molar-refractivity contribution in [3.63, 3.8) is 0 Å². The van der Waals surface area contributed by atoms with Crippen LogP contribution in [0.1, 0.15) is 30.4 Å². The van der Waals surface area contributed by atoms with Crippen molar-refractivity contribution in [3.8, 4) is 0 Å². The molecule has 0 unspecified atom stereocenters. The highest BCUT2D eigenvalue weighted by Crippen LogP contribution is 2.34. The summed E-state index contributed by atoms with van der Waals surface area (Å²) in [6.45, 7) is 5.67. The minimum Gasteiger partial charge on any atom is -0.388 e. The molecule has 5 heteroatoms. The fraction of sp³-hybridized carbons (Fsp3) is 0.429. The van der Waals surface area contributed by atoms with Gasteiger partial charge in [0.2, 0.25) is 0 Å². The Balaban J connectivity index is 2.12. The molecule has 1 saturated carbocycles. The number of aliphatic hydroxyl groups is 1. The molecule has 0 bridgehead atoms. The molecule has 3 rings (SSSR count). The summed E-state index contributed by atoms with van der Waals surface area (Å²) < 4.78 is 15.7. The third-order valence-corrected chi connectivity index (χ3v) is 3.94. The van der Waals surface area contributed by atoms with E-state index in [1.165, 1.54) is 6.08 Å². The molecule has 0 amide bonds. The lowest BCUT2D eigenvalue weighted by Crippen LogP contribution is -2.41. The minimum atomic E-state index is -0.708. The predicted molar refractivity (Wildman–Crippen MR) is 71.1 cm³/mol. The van der Waals surface area contributed by atoms with Crippen molar-refractivity contribution in [2.45, 2.75) is 38.3 Å². The molecule has 0 aliphatic heterocycles. The van der Waals surface area contributed by atoms with Gasteiger partial charge < -0.3 is 5.11 Å². The number of fused-ring (bicyclic) bond motifs is 1. The number of aromatic nitrogens is 3. The smallest absolute Gasteiger partial charge is 0.135 e. The van der Waals surface area contributed by atoms with E-state index in [1.54, 1.807) is 17.7 Å². The van der Waals surface area contributed by atoms with E-state index in [0.717, 1.165) is 19.3 Å². The second-order valence-corrected chi connectivity index (χ2v) is 5.30. The van der Waals surface area contributed by atoms with Crippen molar-refractivity contribution in [2.24, 2.45) is 0 Å². The van der Waals surface area contributed by atoms with Gasteiger partial charge >= 0.3 is 0 Å². The summed E-state index contributed by atoms with van der Waals surface area (Å²) in [5.74, 6) is -0.299. The maximum atomic E-state index is 14.1. The van der Waals surface area contributed by atoms with Crippen molar-refractivity contribution in [1.82, 2.24) is 15.0 Å². The Labute approximate surface area is 110 Å². The zero-order chi connectivity index (χ0) is 13.6. The quantitative estimate of drug-likeness (QED) is 0.923. The molecule has 100 valence electrons. The van der Waals surface area contributed by atoms with Crippen LogP contribution in [0.5, 0.6) is 0 Å². The highest BCUT2D eigenvalue weighted by atomic mass is 19.1. The largest absolute Gasteiger partial charge is 0.388 e. The van der Waals surface area contributed by atoms with Crippen LogP contribution in [-0.2, 0) is 6.54 Å². The lowest BCUT2D eigenvalue weighted by Gasteiger charge is -2.36. The Hall–Kier alpha value is -1.75. The molecule has 0 saturated heterocycles. The summed E-state index contributed by atoms with van der Waals surface area (Å²) in [7, 11) is 0. The zero-order valence-electron chi connectivity index (χ0n) is 10.9. The molecule has 0 spiro atoms. The van der Waals surface area contributed by atoms with E-state index in [2.05, 4.69) is 16.9 Å². The molecule has 2 aromatic rings. The lowest BCUT2D eigenvalue weighted by atomic mass is 9.80. The van der Waals surface area contributed by atoms with Crippen LogP contribution in [0.4, 0.5) is 4.39 Å². The summed E-state index contributed by atoms with van der Waals surface area (Å²) in [6.07, 6.45) is 4.03. The van der Waals surface area contributed by atoms with Gasteiger partial charge in [0.25, 0.3) is 0 Å². The molecule has 1 fully saturated rings. The molecular weight excluding hydrogens is 245 g/mol. The van der Waals surface area contributed by atoms with E-state index in [4.69, 9.17) is 0 Å². The fourth-order valence-corrected chi connectivity index (χ4v) is 2.62. The van der Waals surface area contributed by atoms with Gasteiger partial charge in [-0.1, -0.05) is 17.9 Å². The normalized spacial score (nSPS) is 17.4. The maximum absolute atomic E-state index is 14.1. The maximum Gasteiger partial charge on any atom is 0.135 e. The van der Waals surface area contributed by atoms with Crippen molar-refractivity contribution in [1.29, 1.82) is 0 Å². The monoisotopic (exact) mass is 261 g/mol. The second kappa shape index (κ2) is 4.13. The van der Waals surface area contributed by atoms with Crippen LogP contribution in [0.15, 0.2) is 12.6 Å². The first-order valence-corrected chi connectivity index (χ1v) is 6.41. The van der Waals surface area contributed by atoms with Crippen LogP contribution in [-0.4, -0.2) is 25.7 Å². The summed E-state index contributed by atoms with van der Waals surface area (Å²) in [6, 6.07) is 1.64. The van der Waals surface area contributed by atoms with Crippen LogP contribution in [0, 0.1) is 12.7 Å². The Morgan fingerprint density at radius 3 is 2.89 bits per heavy atom. The van der Waals surface area contributed by atoms with E-state index in [-0.39, 0.29) is 5.82 Å². The molecule has 0 radical (unpaired) electrons. The molecule has 1 heterocycles. The van der Waals surface area contributed by atoms with Crippen LogP contribution >= 0.6 is 0 Å². The molecule has 1 aliphatic rings. The molecule has 19 heavy (non-hydrogen) atoms. The number of nitrogens with zero attached hydrogens (tertiary/aromatic N) is 3. The van der Waals surface area contributed by atoms with Crippen LogP contribution in [0.2, 0.25) is 0 Å². The Kier molecular flexibility index (Phi) is 2.67. The zero-order valence-corrected chi connectivity index (χ0v) is 10.9. The van der Waals surface area contributed by atoms with Crippen molar-refractivity contribution in [2.75, 3.05) is 0 Å². The second-order valence-electron chi connectivity index (χ2n) is 5.30. The first-order chi connectivity index (χ1) is 9.04. The SMILES string of the molecule is C=Cc1cc2nnn(CC3(O)CCC3)c2c(C)c1F. The number of halogens is 1. The van der Waals surface area contributed by atoms with E-state index >= 15 is 0 Å². The molecule has 0 atom stereocenters. The van der Waals surface area contributed by atoms with Crippen LogP contribution in [0.3, 0.4) is 0 Å². The molecule has 1 aromatic carbocycles. The number of rotatable bonds is 3. The summed E-state index contributed by atoms with van der Waals surface area (Å²) in [4.78, 5) is 0. The van der Waals surface area contributed by atoms with Gasteiger partial charge in [-0.3, -0.25) is 0 Å². The molecule has 4 nitrogen and oxygen atoms in total. The number of benzene rings is 1. The van der Waals surface area contributed by atoms with Gasteiger partial charge in [0.15, 0.2) is 0 Å². The predicted octanol–water partition coefficient (Wildman–Crippen LogP) is 2.44. The third kappa shape index (κ3) is 1.85. The molecular formula is C14H16FN3O. The number of hydrogen-bond acceptors (Lipinski definition) is 3.